The average molecular weight is 631 g/mol. The molecule has 1 radical (unpaired) electrons. The van der Waals surface area contributed by atoms with Crippen molar-refractivity contribution in [1.29, 1.82) is 0 Å². The molecule has 0 spiro atoms. The molecular formula is C31H36N9O6. The third kappa shape index (κ3) is 6.73. The molecule has 1 fully saturated rings. The SMILES string of the molecule is [CH2]CCNC(=O)c1cc(NC(=O)c2cc(NC(=O)c3cc(NC(=O)c4cc(N(C)C(=O)C5CO5)cn4C)cn3C)cn2C)cn1C. The molecule has 4 aromatic heterocycles. The van der Waals surface area contributed by atoms with Gasteiger partial charge in [0, 0.05) is 66.6 Å². The summed E-state index contributed by atoms with van der Waals surface area (Å²) in [7, 11) is 8.37. The topological polar surface area (TPSA) is 169 Å². The standard InChI is InChI=1S/C31H36N9O6/c1-7-8-32-27(41)22-9-18(13-36(22)2)33-28(42)23-10-19(14-37(23)3)34-29(43)24-11-20(15-38(24)4)35-30(44)25-12-21(16-39(25)5)40(6)31(45)26-17-46-26/h9-16,26H,1,7-8,17H2,2-6H3,(H,32,41)(H,33,42)(H,34,43)(H,35,44). The number of rotatable bonds is 11. The zero-order chi connectivity index (χ0) is 33.3. The van der Waals surface area contributed by atoms with Gasteiger partial charge in [-0.3, -0.25) is 24.0 Å². The Bertz CT molecular complexity index is 1840. The molecule has 1 aliphatic rings. The van der Waals surface area contributed by atoms with Gasteiger partial charge in [0.15, 0.2) is 6.10 Å². The molecule has 0 bridgehead atoms. The fourth-order valence-corrected chi connectivity index (χ4v) is 4.94. The zero-order valence-corrected chi connectivity index (χ0v) is 26.2. The van der Waals surface area contributed by atoms with Crippen molar-refractivity contribution >= 4 is 52.3 Å². The molecule has 5 amide bonds. The van der Waals surface area contributed by atoms with Gasteiger partial charge in [-0.05, 0) is 30.7 Å². The summed E-state index contributed by atoms with van der Waals surface area (Å²) in [5.41, 5.74) is 3.03. The Morgan fingerprint density at radius 2 is 1.11 bits per heavy atom. The second kappa shape index (κ2) is 12.8. The Labute approximate surface area is 265 Å². The van der Waals surface area contributed by atoms with Gasteiger partial charge in [-0.2, -0.15) is 0 Å². The summed E-state index contributed by atoms with van der Waals surface area (Å²) in [4.78, 5) is 65.4. The lowest BCUT2D eigenvalue weighted by Gasteiger charge is -2.13. The largest absolute Gasteiger partial charge is 0.363 e. The van der Waals surface area contributed by atoms with Gasteiger partial charge in [-0.1, -0.05) is 6.92 Å². The molecule has 1 saturated heterocycles. The predicted octanol–water partition coefficient (Wildman–Crippen LogP) is 2.11. The number of anilines is 4. The van der Waals surface area contributed by atoms with Crippen molar-refractivity contribution in [2.24, 2.45) is 28.2 Å². The third-order valence-electron chi connectivity index (χ3n) is 7.50. The lowest BCUT2D eigenvalue weighted by molar-refractivity contribution is -0.119. The first-order valence-corrected chi connectivity index (χ1v) is 14.4. The van der Waals surface area contributed by atoms with Crippen molar-refractivity contribution < 1.29 is 28.7 Å². The summed E-state index contributed by atoms with van der Waals surface area (Å²) >= 11 is 0. The van der Waals surface area contributed by atoms with E-state index in [2.05, 4.69) is 28.2 Å². The van der Waals surface area contributed by atoms with E-state index in [1.165, 1.54) is 17.0 Å². The van der Waals surface area contributed by atoms with Crippen LogP contribution in [0.5, 0.6) is 0 Å². The molecule has 0 aliphatic carbocycles. The molecule has 5 heterocycles. The first-order valence-electron chi connectivity index (χ1n) is 14.4. The van der Waals surface area contributed by atoms with Gasteiger partial charge in [0.2, 0.25) is 0 Å². The van der Waals surface area contributed by atoms with Crippen molar-refractivity contribution in [2.45, 2.75) is 12.5 Å². The maximum Gasteiger partial charge on any atom is 0.272 e. The molecule has 0 saturated carbocycles. The number of nitrogens with zero attached hydrogens (tertiary/aromatic N) is 5. The van der Waals surface area contributed by atoms with Crippen LogP contribution >= 0.6 is 0 Å². The molecule has 1 unspecified atom stereocenters. The van der Waals surface area contributed by atoms with Crippen LogP contribution in [0, 0.1) is 6.92 Å². The molecule has 46 heavy (non-hydrogen) atoms. The number of nitrogens with one attached hydrogen (secondary N) is 4. The number of aromatic nitrogens is 4. The van der Waals surface area contributed by atoms with Gasteiger partial charge in [0.05, 0.1) is 29.4 Å². The molecule has 5 rings (SSSR count). The van der Waals surface area contributed by atoms with Crippen LogP contribution in [-0.2, 0) is 37.7 Å². The average Bonchev–Trinajstić information content (AvgIpc) is 3.31. The Balaban J connectivity index is 1.22. The predicted molar refractivity (Wildman–Crippen MR) is 171 cm³/mol. The summed E-state index contributed by atoms with van der Waals surface area (Å²) < 4.78 is 11.4. The maximum absolute atomic E-state index is 13.2. The highest BCUT2D eigenvalue weighted by atomic mass is 16.6. The Kier molecular flexibility index (Phi) is 8.87. The number of epoxide rings is 1. The molecule has 15 heteroatoms. The fourth-order valence-electron chi connectivity index (χ4n) is 4.94. The van der Waals surface area contributed by atoms with E-state index in [0.29, 0.717) is 53.7 Å². The zero-order valence-electron chi connectivity index (χ0n) is 26.2. The van der Waals surface area contributed by atoms with Crippen molar-refractivity contribution in [2.75, 3.05) is 41.0 Å². The van der Waals surface area contributed by atoms with Gasteiger partial charge in [0.25, 0.3) is 29.5 Å². The van der Waals surface area contributed by atoms with Crippen LogP contribution in [-0.4, -0.2) is 74.1 Å². The highest BCUT2D eigenvalue weighted by Crippen LogP contribution is 2.23. The van der Waals surface area contributed by atoms with Crippen LogP contribution < -0.4 is 26.2 Å². The molecule has 4 N–H and O–H groups in total. The molecule has 1 atom stereocenters. The second-order valence-electron chi connectivity index (χ2n) is 11.1. The van der Waals surface area contributed by atoms with Crippen LogP contribution in [0.4, 0.5) is 22.7 Å². The van der Waals surface area contributed by atoms with E-state index in [-0.39, 0.29) is 23.2 Å². The summed E-state index contributed by atoms with van der Waals surface area (Å²) in [5, 5.41) is 11.1. The van der Waals surface area contributed by atoms with E-state index in [9.17, 15) is 24.0 Å². The number of likely N-dealkylation sites (N-methyl/N-ethyl adjacent to an activating group) is 1. The van der Waals surface area contributed by atoms with E-state index >= 15 is 0 Å². The van der Waals surface area contributed by atoms with E-state index in [1.807, 2.05) is 0 Å². The van der Waals surface area contributed by atoms with E-state index < -0.39 is 23.8 Å². The normalized spacial score (nSPS) is 13.7. The fraction of sp³-hybridized carbons (Fsp3) is 0.290. The summed E-state index contributed by atoms with van der Waals surface area (Å²) in [6, 6.07) is 6.25. The monoisotopic (exact) mass is 630 g/mol. The minimum Gasteiger partial charge on any atom is -0.363 e. The molecule has 4 aromatic rings. The Morgan fingerprint density at radius 3 is 1.52 bits per heavy atom. The Morgan fingerprint density at radius 1 is 0.717 bits per heavy atom. The smallest absolute Gasteiger partial charge is 0.272 e. The Hall–Kier alpha value is -5.57. The molecule has 15 nitrogen and oxygen atoms in total. The number of aryl methyl sites for hydroxylation is 4. The van der Waals surface area contributed by atoms with Crippen molar-refractivity contribution in [3.05, 3.63) is 78.8 Å². The quantitative estimate of drug-likeness (QED) is 0.185. The van der Waals surface area contributed by atoms with Gasteiger partial charge in [-0.25, -0.2) is 0 Å². The van der Waals surface area contributed by atoms with Crippen LogP contribution in [0.3, 0.4) is 0 Å². The van der Waals surface area contributed by atoms with Gasteiger partial charge in [-0.15, -0.1) is 0 Å². The van der Waals surface area contributed by atoms with Crippen molar-refractivity contribution in [1.82, 2.24) is 23.6 Å². The van der Waals surface area contributed by atoms with Gasteiger partial charge in [0.1, 0.15) is 22.8 Å². The number of amides is 5. The van der Waals surface area contributed by atoms with Gasteiger partial charge < -0.3 is 49.2 Å². The number of hydrogen-bond acceptors (Lipinski definition) is 6. The number of carbonyl (C=O) groups excluding carboxylic acids is 5. The van der Waals surface area contributed by atoms with Crippen LogP contribution in [0.25, 0.3) is 0 Å². The third-order valence-corrected chi connectivity index (χ3v) is 7.50. The van der Waals surface area contributed by atoms with E-state index in [0.717, 1.165) is 0 Å². The van der Waals surface area contributed by atoms with E-state index in [4.69, 9.17) is 4.74 Å². The van der Waals surface area contributed by atoms with Gasteiger partial charge >= 0.3 is 0 Å². The van der Waals surface area contributed by atoms with Crippen molar-refractivity contribution in [3.8, 4) is 0 Å². The van der Waals surface area contributed by atoms with Crippen LogP contribution in [0.15, 0.2) is 49.1 Å². The second-order valence-corrected chi connectivity index (χ2v) is 11.1. The maximum atomic E-state index is 13.2. The molecular weight excluding hydrogens is 594 g/mol. The number of ether oxygens (including phenoxy) is 1. The van der Waals surface area contributed by atoms with Crippen LogP contribution in [0.2, 0.25) is 0 Å². The first-order chi connectivity index (χ1) is 21.9. The van der Waals surface area contributed by atoms with E-state index in [1.54, 1.807) is 90.4 Å². The highest BCUT2D eigenvalue weighted by Gasteiger charge is 2.34. The summed E-state index contributed by atoms with van der Waals surface area (Å²) in [6.07, 6.45) is 6.64. The lowest BCUT2D eigenvalue weighted by Crippen LogP contribution is -2.30. The number of hydrogen-bond donors (Lipinski definition) is 4. The van der Waals surface area contributed by atoms with Crippen molar-refractivity contribution in [3.63, 3.8) is 0 Å². The van der Waals surface area contributed by atoms with Crippen LogP contribution in [0.1, 0.15) is 48.4 Å². The molecule has 0 aromatic carbocycles. The first kappa shape index (κ1) is 31.8. The summed E-state index contributed by atoms with van der Waals surface area (Å²) in [6.45, 7) is 4.54. The number of carbonyl (C=O) groups is 5. The minimum atomic E-state index is -0.454. The highest BCUT2D eigenvalue weighted by molar-refractivity contribution is 6.09. The summed E-state index contributed by atoms with van der Waals surface area (Å²) in [5.74, 6) is -1.75. The lowest BCUT2D eigenvalue weighted by atomic mass is 10.3. The minimum absolute atomic E-state index is 0.181. The molecule has 1 aliphatic heterocycles. The molecule has 241 valence electrons.